The first-order chi connectivity index (χ1) is 16.7. The Balaban J connectivity index is 1.83. The molecule has 4 rings (SSSR count). The number of rotatable bonds is 7. The van der Waals surface area contributed by atoms with Crippen LogP contribution in [0.2, 0.25) is 0 Å². The smallest absolute Gasteiger partial charge is 0.195 e. The Morgan fingerprint density at radius 1 is 1.00 bits per heavy atom. The summed E-state index contributed by atoms with van der Waals surface area (Å²) in [5.74, 6) is -3.81. The average Bonchev–Trinajstić information content (AvgIpc) is 2.84. The van der Waals surface area contributed by atoms with Crippen molar-refractivity contribution >= 4 is 45.6 Å². The molecule has 0 bridgehead atoms. The van der Waals surface area contributed by atoms with Gasteiger partial charge in [0.15, 0.2) is 17.4 Å². The number of aliphatic hydroxyl groups excluding tert-OH is 1. The van der Waals surface area contributed by atoms with Gasteiger partial charge in [0.2, 0.25) is 0 Å². The summed E-state index contributed by atoms with van der Waals surface area (Å²) in [6.07, 6.45) is -2.00. The molecule has 0 spiro atoms. The molecule has 0 saturated carbocycles. The minimum atomic E-state index is -1.85. The Hall–Kier alpha value is -3.44. The molecule has 0 radical (unpaired) electrons. The predicted octanol–water partition coefficient (Wildman–Crippen LogP) is 5.94. The van der Waals surface area contributed by atoms with Crippen LogP contribution in [0.15, 0.2) is 72.8 Å². The molecule has 3 aromatic carbocycles. The zero-order valence-corrected chi connectivity index (χ0v) is 20.3. The van der Waals surface area contributed by atoms with Crippen molar-refractivity contribution in [1.29, 1.82) is 0 Å². The number of nitrogens with one attached hydrogen (secondary N) is 1. The molecule has 0 saturated heterocycles. The number of benzene rings is 3. The summed E-state index contributed by atoms with van der Waals surface area (Å²) < 4.78 is 45.6. The fourth-order valence-electron chi connectivity index (χ4n) is 3.59. The number of carbonyl (C=O) groups excluding carboxylic acids is 1. The van der Waals surface area contributed by atoms with Crippen LogP contribution in [-0.4, -0.2) is 15.9 Å². The lowest BCUT2D eigenvalue weighted by atomic mass is 9.94. The largest absolute Gasteiger partial charge is 0.384 e. The van der Waals surface area contributed by atoms with Crippen LogP contribution < -0.4 is 11.1 Å². The highest BCUT2D eigenvalue weighted by atomic mass is 127. The molecule has 35 heavy (non-hydrogen) atoms. The summed E-state index contributed by atoms with van der Waals surface area (Å²) in [7, 11) is 0. The van der Waals surface area contributed by atoms with Crippen molar-refractivity contribution in [3.05, 3.63) is 116 Å². The number of hydrogen-bond acceptors (Lipinski definition) is 5. The molecule has 4 aromatic rings. The van der Waals surface area contributed by atoms with E-state index in [9.17, 15) is 14.3 Å². The Bertz CT molecular complexity index is 1400. The SMILES string of the molecule is Nc1cccc(Cc2cc(C(O)C(=O)c3ccccc3)c(Nc3ccc(I)cc3F)c(F)c2F)n1. The van der Waals surface area contributed by atoms with E-state index in [0.717, 1.165) is 0 Å². The molecule has 9 heteroatoms. The number of nitrogen functional groups attached to an aromatic ring is 1. The number of halogens is 4. The Morgan fingerprint density at radius 3 is 2.43 bits per heavy atom. The third kappa shape index (κ3) is 5.46. The first-order valence-electron chi connectivity index (χ1n) is 10.5. The zero-order valence-electron chi connectivity index (χ0n) is 18.1. The molecule has 0 aliphatic heterocycles. The van der Waals surface area contributed by atoms with Gasteiger partial charge in [0, 0.05) is 26.8 Å². The fourth-order valence-corrected chi connectivity index (χ4v) is 4.04. The highest BCUT2D eigenvalue weighted by Gasteiger charge is 2.28. The van der Waals surface area contributed by atoms with Crippen LogP contribution in [0.3, 0.4) is 0 Å². The minimum absolute atomic E-state index is 0.144. The van der Waals surface area contributed by atoms with Crippen LogP contribution in [0.5, 0.6) is 0 Å². The van der Waals surface area contributed by atoms with Crippen LogP contribution in [-0.2, 0) is 6.42 Å². The third-order valence-corrected chi connectivity index (χ3v) is 5.98. The molecule has 0 aliphatic carbocycles. The number of anilines is 3. The summed E-state index contributed by atoms with van der Waals surface area (Å²) in [5, 5.41) is 13.5. The quantitative estimate of drug-likeness (QED) is 0.184. The third-order valence-electron chi connectivity index (χ3n) is 5.30. The van der Waals surface area contributed by atoms with E-state index in [-0.39, 0.29) is 34.6 Å². The van der Waals surface area contributed by atoms with Crippen LogP contribution in [0, 0.1) is 21.0 Å². The van der Waals surface area contributed by atoms with E-state index in [1.54, 1.807) is 42.5 Å². The Kier molecular flexibility index (Phi) is 7.37. The summed E-state index contributed by atoms with van der Waals surface area (Å²) in [4.78, 5) is 17.1. The van der Waals surface area contributed by atoms with E-state index in [0.29, 0.717) is 9.26 Å². The molecule has 1 atom stereocenters. The molecule has 1 unspecified atom stereocenters. The van der Waals surface area contributed by atoms with Gasteiger partial charge in [0.1, 0.15) is 17.7 Å². The normalized spacial score (nSPS) is 11.8. The molecule has 1 heterocycles. The monoisotopic (exact) mass is 589 g/mol. The second kappa shape index (κ2) is 10.4. The van der Waals surface area contributed by atoms with Crippen molar-refractivity contribution < 1.29 is 23.1 Å². The molecule has 0 fully saturated rings. The second-order valence-electron chi connectivity index (χ2n) is 7.74. The number of aliphatic hydroxyl groups is 1. The molecule has 0 amide bonds. The summed E-state index contributed by atoms with van der Waals surface area (Å²) >= 11 is 1.91. The van der Waals surface area contributed by atoms with Crippen molar-refractivity contribution in [1.82, 2.24) is 4.98 Å². The number of pyridine rings is 1. The van der Waals surface area contributed by atoms with Crippen LogP contribution in [0.4, 0.5) is 30.4 Å². The van der Waals surface area contributed by atoms with Gasteiger partial charge in [0.25, 0.3) is 0 Å². The van der Waals surface area contributed by atoms with Crippen molar-refractivity contribution in [2.75, 3.05) is 11.1 Å². The maximum atomic E-state index is 15.4. The maximum absolute atomic E-state index is 15.4. The number of aromatic nitrogens is 1. The van der Waals surface area contributed by atoms with Gasteiger partial charge in [-0.05, 0) is 64.6 Å². The number of Topliss-reactive ketones (excluding diaryl/α,β-unsaturated/α-hetero) is 1. The molecule has 5 nitrogen and oxygen atoms in total. The minimum Gasteiger partial charge on any atom is -0.384 e. The highest BCUT2D eigenvalue weighted by Crippen LogP contribution is 2.35. The van der Waals surface area contributed by atoms with Crippen LogP contribution >= 0.6 is 22.6 Å². The Labute approximate surface area is 213 Å². The second-order valence-corrected chi connectivity index (χ2v) is 8.99. The van der Waals surface area contributed by atoms with E-state index in [1.165, 1.54) is 30.3 Å². The molecular weight excluding hydrogens is 570 g/mol. The van der Waals surface area contributed by atoms with Gasteiger partial charge >= 0.3 is 0 Å². The molecule has 1 aromatic heterocycles. The van der Waals surface area contributed by atoms with Gasteiger partial charge in [-0.25, -0.2) is 18.2 Å². The van der Waals surface area contributed by atoms with Crippen LogP contribution in [0.1, 0.15) is 33.3 Å². The van der Waals surface area contributed by atoms with Gasteiger partial charge in [0.05, 0.1) is 11.4 Å². The van der Waals surface area contributed by atoms with E-state index < -0.39 is 35.0 Å². The molecule has 4 N–H and O–H groups in total. The topological polar surface area (TPSA) is 88.2 Å². The summed E-state index contributed by atoms with van der Waals surface area (Å²) in [5.41, 5.74) is 5.15. The van der Waals surface area contributed by atoms with Crippen molar-refractivity contribution in [2.45, 2.75) is 12.5 Å². The first-order valence-corrected chi connectivity index (χ1v) is 11.5. The van der Waals surface area contributed by atoms with E-state index in [2.05, 4.69) is 10.3 Å². The lowest BCUT2D eigenvalue weighted by molar-refractivity contribution is 0.0748. The fraction of sp³-hybridized carbons (Fsp3) is 0.0769. The average molecular weight is 589 g/mol. The number of hydrogen-bond donors (Lipinski definition) is 3. The van der Waals surface area contributed by atoms with Gasteiger partial charge in [-0.2, -0.15) is 0 Å². The number of nitrogens with zero attached hydrogens (tertiary/aromatic N) is 1. The van der Waals surface area contributed by atoms with E-state index in [4.69, 9.17) is 5.73 Å². The van der Waals surface area contributed by atoms with Gasteiger partial charge in [-0.15, -0.1) is 0 Å². The Morgan fingerprint density at radius 2 is 1.74 bits per heavy atom. The first kappa shape index (κ1) is 24.7. The van der Waals surface area contributed by atoms with Crippen molar-refractivity contribution in [3.8, 4) is 0 Å². The number of nitrogens with two attached hydrogens (primary N) is 1. The number of ketones is 1. The van der Waals surface area contributed by atoms with Gasteiger partial charge in [-0.3, -0.25) is 4.79 Å². The van der Waals surface area contributed by atoms with Crippen LogP contribution in [0.25, 0.3) is 0 Å². The standard InChI is InChI=1S/C26H19F3IN3O2/c27-19-13-16(30)9-10-20(19)33-24-18(26(35)25(34)14-5-2-1-3-6-14)12-15(22(28)23(24)29)11-17-7-4-8-21(31)32-17/h1-10,12-13,26,33,35H,11H2,(H2,31,32). The highest BCUT2D eigenvalue weighted by molar-refractivity contribution is 14.1. The molecule has 0 aliphatic rings. The molecule has 178 valence electrons. The molecular formula is C26H19F3IN3O2. The van der Waals surface area contributed by atoms with E-state index >= 15 is 8.78 Å². The maximum Gasteiger partial charge on any atom is 0.195 e. The number of carbonyl (C=O) groups is 1. The predicted molar refractivity (Wildman–Crippen MR) is 136 cm³/mol. The summed E-state index contributed by atoms with van der Waals surface area (Å²) in [6, 6.07) is 18.0. The van der Waals surface area contributed by atoms with E-state index in [1.807, 2.05) is 22.6 Å². The zero-order chi connectivity index (χ0) is 25.1. The van der Waals surface area contributed by atoms with Crippen molar-refractivity contribution in [2.24, 2.45) is 0 Å². The summed E-state index contributed by atoms with van der Waals surface area (Å²) in [6.45, 7) is 0. The van der Waals surface area contributed by atoms with Gasteiger partial charge in [-0.1, -0.05) is 36.4 Å². The lowest BCUT2D eigenvalue weighted by Gasteiger charge is -2.20. The lowest BCUT2D eigenvalue weighted by Crippen LogP contribution is -2.17. The van der Waals surface area contributed by atoms with Gasteiger partial charge < -0.3 is 16.2 Å². The van der Waals surface area contributed by atoms with Crippen molar-refractivity contribution in [3.63, 3.8) is 0 Å².